The summed E-state index contributed by atoms with van der Waals surface area (Å²) in [4.78, 5) is 2.30. The van der Waals surface area contributed by atoms with Gasteiger partial charge in [0.15, 0.2) is 0 Å². The van der Waals surface area contributed by atoms with Gasteiger partial charge in [0.25, 0.3) is 0 Å². The van der Waals surface area contributed by atoms with E-state index in [4.69, 9.17) is 22.1 Å². The smallest absolute Gasteiger partial charge is 0.0808 e. The Morgan fingerprint density at radius 1 is 1.21 bits per heavy atom. The van der Waals surface area contributed by atoms with Crippen LogP contribution in [0.15, 0.2) is 18.2 Å². The van der Waals surface area contributed by atoms with E-state index in [1.54, 1.807) is 0 Å². The highest BCUT2D eigenvalue weighted by Crippen LogP contribution is 2.36. The molecule has 1 heterocycles. The first-order chi connectivity index (χ1) is 8.74. The van der Waals surface area contributed by atoms with Crippen molar-refractivity contribution >= 4 is 17.3 Å². The van der Waals surface area contributed by atoms with Gasteiger partial charge in [0.2, 0.25) is 0 Å². The number of halogens is 1. The van der Waals surface area contributed by atoms with Gasteiger partial charge in [0.05, 0.1) is 21.9 Å². The Kier molecular flexibility index (Phi) is 3.83. The number of rotatable bonds is 2. The maximum atomic E-state index is 6.39. The van der Waals surface area contributed by atoms with Crippen LogP contribution in [0.2, 0.25) is 5.02 Å². The number of morpholine rings is 1. The quantitative estimate of drug-likeness (QED) is 0.905. The van der Waals surface area contributed by atoms with Crippen molar-refractivity contribution in [2.24, 2.45) is 5.73 Å². The SMILES string of the molecule is CC1(C)CN(c2c(Cl)cccc2CN)CC(C)(C)O1. The normalized spacial score (nSPS) is 21.5. The summed E-state index contributed by atoms with van der Waals surface area (Å²) in [6.45, 7) is 10.6. The second-order valence-electron chi connectivity index (χ2n) is 6.43. The van der Waals surface area contributed by atoms with Gasteiger partial charge in [-0.3, -0.25) is 0 Å². The van der Waals surface area contributed by atoms with E-state index >= 15 is 0 Å². The van der Waals surface area contributed by atoms with Crippen LogP contribution in [0.25, 0.3) is 0 Å². The lowest BCUT2D eigenvalue weighted by Gasteiger charge is -2.48. The third-order valence-electron chi connectivity index (χ3n) is 3.30. The molecule has 106 valence electrons. The average molecular weight is 283 g/mol. The predicted octanol–water partition coefficient (Wildman–Crippen LogP) is 3.19. The van der Waals surface area contributed by atoms with Crippen LogP contribution in [-0.2, 0) is 11.3 Å². The van der Waals surface area contributed by atoms with Crippen LogP contribution >= 0.6 is 11.6 Å². The zero-order valence-electron chi connectivity index (χ0n) is 12.2. The fourth-order valence-electron chi connectivity index (χ4n) is 3.02. The van der Waals surface area contributed by atoms with Gasteiger partial charge >= 0.3 is 0 Å². The summed E-state index contributed by atoms with van der Waals surface area (Å²) in [5.74, 6) is 0. The number of anilines is 1. The topological polar surface area (TPSA) is 38.5 Å². The van der Waals surface area contributed by atoms with Gasteiger partial charge in [-0.05, 0) is 39.3 Å². The summed E-state index contributed by atoms with van der Waals surface area (Å²) in [6.07, 6.45) is 0. The minimum Gasteiger partial charge on any atom is -0.366 e. The Balaban J connectivity index is 2.41. The van der Waals surface area contributed by atoms with E-state index in [1.807, 2.05) is 18.2 Å². The predicted molar refractivity (Wildman–Crippen MR) is 80.8 cm³/mol. The maximum Gasteiger partial charge on any atom is 0.0808 e. The van der Waals surface area contributed by atoms with E-state index in [2.05, 4.69) is 32.6 Å². The molecule has 1 aromatic rings. The highest BCUT2D eigenvalue weighted by atomic mass is 35.5. The largest absolute Gasteiger partial charge is 0.366 e. The van der Waals surface area contributed by atoms with Crippen molar-refractivity contribution in [3.8, 4) is 0 Å². The molecule has 0 radical (unpaired) electrons. The van der Waals surface area contributed by atoms with Gasteiger partial charge in [-0.25, -0.2) is 0 Å². The van der Waals surface area contributed by atoms with E-state index in [0.717, 1.165) is 29.4 Å². The monoisotopic (exact) mass is 282 g/mol. The first-order valence-corrected chi connectivity index (χ1v) is 7.04. The molecule has 3 nitrogen and oxygen atoms in total. The lowest BCUT2D eigenvalue weighted by atomic mass is 9.97. The summed E-state index contributed by atoms with van der Waals surface area (Å²) in [6, 6.07) is 5.91. The molecule has 1 saturated heterocycles. The lowest BCUT2D eigenvalue weighted by molar-refractivity contribution is -0.133. The summed E-state index contributed by atoms with van der Waals surface area (Å²) < 4.78 is 6.11. The molecule has 1 aliphatic rings. The fraction of sp³-hybridized carbons (Fsp3) is 0.600. The molecule has 1 fully saturated rings. The number of benzene rings is 1. The van der Waals surface area contributed by atoms with Gasteiger partial charge < -0.3 is 15.4 Å². The Morgan fingerprint density at radius 2 is 1.79 bits per heavy atom. The van der Waals surface area contributed by atoms with Crippen LogP contribution in [0.5, 0.6) is 0 Å². The highest BCUT2D eigenvalue weighted by Gasteiger charge is 2.39. The Labute approximate surface area is 120 Å². The van der Waals surface area contributed by atoms with Crippen LogP contribution in [-0.4, -0.2) is 24.3 Å². The number of nitrogens with zero attached hydrogens (tertiary/aromatic N) is 1. The molecule has 2 N–H and O–H groups in total. The summed E-state index contributed by atoms with van der Waals surface area (Å²) >= 11 is 6.39. The Bertz CT molecular complexity index is 455. The molecule has 1 aromatic carbocycles. The van der Waals surface area contributed by atoms with Gasteiger partial charge in [0, 0.05) is 19.6 Å². The third-order valence-corrected chi connectivity index (χ3v) is 3.61. The van der Waals surface area contributed by atoms with Crippen LogP contribution in [0.4, 0.5) is 5.69 Å². The molecule has 0 amide bonds. The molecule has 1 aliphatic heterocycles. The molecule has 2 rings (SSSR count). The van der Waals surface area contributed by atoms with Crippen molar-refractivity contribution in [2.75, 3.05) is 18.0 Å². The molecule has 0 atom stereocenters. The van der Waals surface area contributed by atoms with E-state index < -0.39 is 0 Å². The van der Waals surface area contributed by atoms with Crippen molar-refractivity contribution in [2.45, 2.75) is 45.4 Å². The molecule has 19 heavy (non-hydrogen) atoms. The second kappa shape index (κ2) is 4.97. The third kappa shape index (κ3) is 3.22. The second-order valence-corrected chi connectivity index (χ2v) is 6.84. The minimum atomic E-state index is -0.202. The van der Waals surface area contributed by atoms with Gasteiger partial charge in [0.1, 0.15) is 0 Å². The summed E-state index contributed by atoms with van der Waals surface area (Å²) in [5.41, 5.74) is 7.58. The van der Waals surface area contributed by atoms with E-state index in [-0.39, 0.29) is 11.2 Å². The summed E-state index contributed by atoms with van der Waals surface area (Å²) in [5, 5.41) is 0.761. The Morgan fingerprint density at radius 3 is 2.32 bits per heavy atom. The van der Waals surface area contributed by atoms with Crippen LogP contribution in [0.1, 0.15) is 33.3 Å². The van der Waals surface area contributed by atoms with Crippen LogP contribution in [0, 0.1) is 0 Å². The molecule has 0 aliphatic carbocycles. The zero-order chi connectivity index (χ0) is 14.3. The number of para-hydroxylation sites is 1. The molecule has 4 heteroatoms. The van der Waals surface area contributed by atoms with Crippen LogP contribution < -0.4 is 10.6 Å². The maximum absolute atomic E-state index is 6.39. The van der Waals surface area contributed by atoms with Gasteiger partial charge in [-0.1, -0.05) is 23.7 Å². The molecule has 0 spiro atoms. The fourth-order valence-corrected chi connectivity index (χ4v) is 3.34. The molecule has 0 unspecified atom stereocenters. The first kappa shape index (κ1) is 14.6. The van der Waals surface area contributed by atoms with E-state index in [1.165, 1.54) is 0 Å². The highest BCUT2D eigenvalue weighted by molar-refractivity contribution is 6.33. The summed E-state index contributed by atoms with van der Waals surface area (Å²) in [7, 11) is 0. The molecular weight excluding hydrogens is 260 g/mol. The lowest BCUT2D eigenvalue weighted by Crippen LogP contribution is -2.57. The van der Waals surface area contributed by atoms with Crippen molar-refractivity contribution in [1.29, 1.82) is 0 Å². The van der Waals surface area contributed by atoms with E-state index in [9.17, 15) is 0 Å². The number of hydrogen-bond acceptors (Lipinski definition) is 3. The average Bonchev–Trinajstić information content (AvgIpc) is 2.24. The van der Waals surface area contributed by atoms with Gasteiger partial charge in [-0.2, -0.15) is 0 Å². The molecule has 0 bridgehead atoms. The van der Waals surface area contributed by atoms with Crippen molar-refractivity contribution < 1.29 is 4.74 Å². The standard InChI is InChI=1S/C15H23ClN2O/c1-14(2)9-18(10-15(3,4)19-14)13-11(8-17)6-5-7-12(13)16/h5-7H,8-10,17H2,1-4H3. The molecule has 0 aromatic heterocycles. The van der Waals surface area contributed by atoms with Crippen LogP contribution in [0.3, 0.4) is 0 Å². The number of hydrogen-bond donors (Lipinski definition) is 1. The van der Waals surface area contributed by atoms with Gasteiger partial charge in [-0.15, -0.1) is 0 Å². The number of ether oxygens (including phenoxy) is 1. The number of nitrogens with two attached hydrogens (primary N) is 1. The minimum absolute atomic E-state index is 0.202. The van der Waals surface area contributed by atoms with E-state index in [0.29, 0.717) is 6.54 Å². The van der Waals surface area contributed by atoms with Crippen molar-refractivity contribution in [1.82, 2.24) is 0 Å². The first-order valence-electron chi connectivity index (χ1n) is 6.67. The molecular formula is C15H23ClN2O. The Hall–Kier alpha value is -0.770. The van der Waals surface area contributed by atoms with Crippen molar-refractivity contribution in [3.05, 3.63) is 28.8 Å². The zero-order valence-corrected chi connectivity index (χ0v) is 12.9. The molecule has 0 saturated carbocycles. The van der Waals surface area contributed by atoms with Crippen molar-refractivity contribution in [3.63, 3.8) is 0 Å².